The largest absolute Gasteiger partial charge is 0.206 e. The lowest BCUT2D eigenvalue weighted by atomic mass is 10.0. The van der Waals surface area contributed by atoms with E-state index in [1.165, 1.54) is 6.07 Å². The highest BCUT2D eigenvalue weighted by molar-refractivity contribution is 5.73. The first-order valence-corrected chi connectivity index (χ1v) is 9.51. The minimum atomic E-state index is -0.832. The predicted molar refractivity (Wildman–Crippen MR) is 114 cm³/mol. The Hall–Kier alpha value is -3.25. The smallest absolute Gasteiger partial charge is 0.166 e. The van der Waals surface area contributed by atoms with Crippen LogP contribution in [0.25, 0.3) is 23.3 Å². The van der Waals surface area contributed by atoms with E-state index in [-0.39, 0.29) is 11.4 Å². The van der Waals surface area contributed by atoms with E-state index in [2.05, 4.69) is 11.8 Å². The molecule has 0 fully saturated rings. The summed E-state index contributed by atoms with van der Waals surface area (Å²) >= 11 is 0. The van der Waals surface area contributed by atoms with Gasteiger partial charge in [-0.25, -0.2) is 13.2 Å². The van der Waals surface area contributed by atoms with Gasteiger partial charge in [0.1, 0.15) is 5.82 Å². The molecule has 3 aromatic rings. The first-order valence-electron chi connectivity index (χ1n) is 9.51. The zero-order valence-electron chi connectivity index (χ0n) is 16.4. The molecule has 0 nitrogen and oxygen atoms in total. The van der Waals surface area contributed by atoms with Crippen LogP contribution < -0.4 is 0 Å². The van der Waals surface area contributed by atoms with Crippen molar-refractivity contribution in [1.29, 1.82) is 0 Å². The van der Waals surface area contributed by atoms with Crippen molar-refractivity contribution in [3.8, 4) is 23.0 Å². The minimum Gasteiger partial charge on any atom is -0.206 e. The van der Waals surface area contributed by atoms with Crippen molar-refractivity contribution >= 4 is 12.2 Å². The average molecular weight is 390 g/mol. The first-order chi connectivity index (χ1) is 14.0. The summed E-state index contributed by atoms with van der Waals surface area (Å²) in [6.45, 7) is 3.63. The van der Waals surface area contributed by atoms with Gasteiger partial charge in [-0.05, 0) is 42.2 Å². The minimum absolute atomic E-state index is 0.199. The van der Waals surface area contributed by atoms with E-state index in [0.29, 0.717) is 23.1 Å². The Balaban J connectivity index is 1.81. The fraction of sp³-hybridized carbons (Fsp3) is 0.154. The van der Waals surface area contributed by atoms with E-state index in [1.807, 2.05) is 19.1 Å². The fourth-order valence-corrected chi connectivity index (χ4v) is 3.13. The molecule has 0 aliphatic carbocycles. The molecule has 0 radical (unpaired) electrons. The zero-order chi connectivity index (χ0) is 20.8. The van der Waals surface area contributed by atoms with Crippen LogP contribution in [0.1, 0.15) is 42.5 Å². The van der Waals surface area contributed by atoms with Crippen LogP contribution in [0.4, 0.5) is 13.2 Å². The van der Waals surface area contributed by atoms with Crippen LogP contribution in [0.3, 0.4) is 0 Å². The van der Waals surface area contributed by atoms with Gasteiger partial charge in [0.15, 0.2) is 11.6 Å². The van der Waals surface area contributed by atoms with Gasteiger partial charge in [0.2, 0.25) is 0 Å². The van der Waals surface area contributed by atoms with E-state index in [1.54, 1.807) is 55.5 Å². The summed E-state index contributed by atoms with van der Waals surface area (Å²) in [7, 11) is 0. The molecule has 0 aliphatic rings. The van der Waals surface area contributed by atoms with Crippen molar-refractivity contribution in [3.63, 3.8) is 0 Å². The summed E-state index contributed by atoms with van der Waals surface area (Å²) in [5.41, 5.74) is 3.25. The van der Waals surface area contributed by atoms with Crippen molar-refractivity contribution in [2.24, 2.45) is 0 Å². The second-order valence-corrected chi connectivity index (χ2v) is 6.72. The summed E-state index contributed by atoms with van der Waals surface area (Å²) in [5, 5.41) is 0. The van der Waals surface area contributed by atoms with E-state index in [9.17, 15) is 13.2 Å². The number of hydrogen-bond acceptors (Lipinski definition) is 0. The van der Waals surface area contributed by atoms with Crippen LogP contribution in [0, 0.1) is 29.3 Å². The Bertz CT molecular complexity index is 1100. The molecule has 146 valence electrons. The van der Waals surface area contributed by atoms with Crippen molar-refractivity contribution in [1.82, 2.24) is 0 Å². The molecule has 0 aliphatic heterocycles. The van der Waals surface area contributed by atoms with Gasteiger partial charge in [0, 0.05) is 16.7 Å². The van der Waals surface area contributed by atoms with Gasteiger partial charge in [-0.2, -0.15) is 0 Å². The molecule has 0 atom stereocenters. The standard InChI is InChI=1S/C26H21F3/c1-3-5-19-10-16-23(24(27)17-19)20-11-7-18(8-12-20)9-13-22-15-14-21(6-4-2)25(28)26(22)29/h7-17H,4,6H2,1-2H3/b13-9+. The number of rotatable bonds is 5. The molecular weight excluding hydrogens is 369 g/mol. The van der Waals surface area contributed by atoms with Gasteiger partial charge in [-0.15, -0.1) is 5.92 Å². The monoisotopic (exact) mass is 390 g/mol. The Morgan fingerprint density at radius 3 is 2.28 bits per heavy atom. The maximum absolute atomic E-state index is 14.3. The van der Waals surface area contributed by atoms with Crippen molar-refractivity contribution < 1.29 is 13.2 Å². The molecule has 0 heterocycles. The van der Waals surface area contributed by atoms with Crippen LogP contribution in [0.15, 0.2) is 54.6 Å². The fourth-order valence-electron chi connectivity index (χ4n) is 3.13. The SMILES string of the molecule is CC#Cc1ccc(-c2ccc(/C=C/c3ccc(CCC)c(F)c3F)cc2)c(F)c1. The maximum atomic E-state index is 14.3. The maximum Gasteiger partial charge on any atom is 0.166 e. The Morgan fingerprint density at radius 2 is 1.62 bits per heavy atom. The van der Waals surface area contributed by atoms with Gasteiger partial charge in [0.25, 0.3) is 0 Å². The van der Waals surface area contributed by atoms with Gasteiger partial charge >= 0.3 is 0 Å². The molecule has 0 N–H and O–H groups in total. The van der Waals surface area contributed by atoms with Crippen LogP contribution in [0.2, 0.25) is 0 Å². The van der Waals surface area contributed by atoms with Crippen LogP contribution in [0.5, 0.6) is 0 Å². The summed E-state index contributed by atoms with van der Waals surface area (Å²) in [6.07, 6.45) is 4.52. The molecule has 0 saturated carbocycles. The molecule has 0 bridgehead atoms. The molecular formula is C26H21F3. The third kappa shape index (κ3) is 4.78. The molecule has 3 aromatic carbocycles. The second-order valence-electron chi connectivity index (χ2n) is 6.72. The predicted octanol–water partition coefficient (Wildman–Crippen LogP) is 7.27. The zero-order valence-corrected chi connectivity index (χ0v) is 16.4. The number of hydrogen-bond donors (Lipinski definition) is 0. The lowest BCUT2D eigenvalue weighted by Crippen LogP contribution is -1.96. The highest BCUT2D eigenvalue weighted by Gasteiger charge is 2.11. The highest BCUT2D eigenvalue weighted by atomic mass is 19.2. The van der Waals surface area contributed by atoms with Crippen molar-refractivity contribution in [3.05, 3.63) is 94.3 Å². The van der Waals surface area contributed by atoms with Crippen molar-refractivity contribution in [2.45, 2.75) is 26.7 Å². The normalized spacial score (nSPS) is 10.8. The lowest BCUT2D eigenvalue weighted by molar-refractivity contribution is 0.496. The topological polar surface area (TPSA) is 0 Å². The highest BCUT2D eigenvalue weighted by Crippen LogP contribution is 2.25. The van der Waals surface area contributed by atoms with E-state index in [4.69, 9.17) is 0 Å². The summed E-state index contributed by atoms with van der Waals surface area (Å²) in [6, 6.07) is 15.3. The van der Waals surface area contributed by atoms with Gasteiger partial charge in [0.05, 0.1) is 0 Å². The molecule has 0 spiro atoms. The van der Waals surface area contributed by atoms with Crippen LogP contribution >= 0.6 is 0 Å². The number of benzene rings is 3. The van der Waals surface area contributed by atoms with Gasteiger partial charge < -0.3 is 0 Å². The molecule has 29 heavy (non-hydrogen) atoms. The number of halogens is 3. The number of aryl methyl sites for hydroxylation is 1. The van der Waals surface area contributed by atoms with Crippen molar-refractivity contribution in [2.75, 3.05) is 0 Å². The average Bonchev–Trinajstić information content (AvgIpc) is 2.72. The third-order valence-electron chi connectivity index (χ3n) is 4.63. The van der Waals surface area contributed by atoms with E-state index in [0.717, 1.165) is 17.5 Å². The Morgan fingerprint density at radius 1 is 0.862 bits per heavy atom. The second kappa shape index (κ2) is 9.30. The third-order valence-corrected chi connectivity index (χ3v) is 4.63. The van der Waals surface area contributed by atoms with Crippen LogP contribution in [-0.2, 0) is 6.42 Å². The van der Waals surface area contributed by atoms with E-state index < -0.39 is 11.6 Å². The Kier molecular flexibility index (Phi) is 6.57. The molecule has 0 saturated heterocycles. The Labute approximate surface area is 169 Å². The summed E-state index contributed by atoms with van der Waals surface area (Å²) < 4.78 is 42.6. The molecule has 0 unspecified atom stereocenters. The summed E-state index contributed by atoms with van der Waals surface area (Å²) in [4.78, 5) is 0. The van der Waals surface area contributed by atoms with Gasteiger partial charge in [-0.1, -0.05) is 73.9 Å². The first kappa shape index (κ1) is 20.5. The molecule has 0 amide bonds. The van der Waals surface area contributed by atoms with E-state index >= 15 is 0 Å². The molecule has 3 heteroatoms. The lowest BCUT2D eigenvalue weighted by Gasteiger charge is -2.06. The molecule has 3 rings (SSSR count). The summed E-state index contributed by atoms with van der Waals surface area (Å²) in [5.74, 6) is 3.63. The quantitative estimate of drug-likeness (QED) is 0.317. The van der Waals surface area contributed by atoms with Crippen LogP contribution in [-0.4, -0.2) is 0 Å². The molecule has 0 aromatic heterocycles. The van der Waals surface area contributed by atoms with Gasteiger partial charge in [-0.3, -0.25) is 0 Å².